The molecule has 0 spiro atoms. The standard InChI is InChI=1S/C18H24N2/c1-3-14-12-19-13-18(14)20(4-2)17-11-7-9-15-8-5-6-10-16(15)17/h5-11,14,18-19H,3-4,12-13H2,1-2H3. The second-order valence-corrected chi connectivity index (χ2v) is 5.68. The second kappa shape index (κ2) is 5.84. The number of hydrogen-bond donors (Lipinski definition) is 1. The summed E-state index contributed by atoms with van der Waals surface area (Å²) in [7, 11) is 0. The largest absolute Gasteiger partial charge is 0.367 e. The first kappa shape index (κ1) is 13.4. The molecule has 0 radical (unpaired) electrons. The molecule has 0 amide bonds. The van der Waals surface area contributed by atoms with E-state index in [4.69, 9.17) is 0 Å². The minimum Gasteiger partial charge on any atom is -0.367 e. The van der Waals surface area contributed by atoms with Gasteiger partial charge in [-0.05, 0) is 24.3 Å². The summed E-state index contributed by atoms with van der Waals surface area (Å²) in [5.41, 5.74) is 1.39. The van der Waals surface area contributed by atoms with Crippen LogP contribution < -0.4 is 10.2 Å². The predicted molar refractivity (Wildman–Crippen MR) is 87.4 cm³/mol. The van der Waals surface area contributed by atoms with Gasteiger partial charge in [-0.2, -0.15) is 0 Å². The van der Waals surface area contributed by atoms with E-state index in [1.807, 2.05) is 0 Å². The maximum absolute atomic E-state index is 3.56. The molecule has 1 heterocycles. The van der Waals surface area contributed by atoms with Crippen molar-refractivity contribution in [3.8, 4) is 0 Å². The molecular weight excluding hydrogens is 244 g/mol. The van der Waals surface area contributed by atoms with Crippen LogP contribution in [0.1, 0.15) is 20.3 Å². The number of likely N-dealkylation sites (N-methyl/N-ethyl adjacent to an activating group) is 1. The highest BCUT2D eigenvalue weighted by atomic mass is 15.2. The Morgan fingerprint density at radius 2 is 1.85 bits per heavy atom. The molecule has 1 aliphatic rings. The third-order valence-corrected chi connectivity index (χ3v) is 4.65. The van der Waals surface area contributed by atoms with Crippen molar-refractivity contribution in [1.29, 1.82) is 0 Å². The van der Waals surface area contributed by atoms with Crippen molar-refractivity contribution in [1.82, 2.24) is 5.32 Å². The zero-order valence-corrected chi connectivity index (χ0v) is 12.5. The highest BCUT2D eigenvalue weighted by Gasteiger charge is 2.30. The molecule has 2 aromatic rings. The summed E-state index contributed by atoms with van der Waals surface area (Å²) in [5.74, 6) is 0.758. The molecule has 106 valence electrons. The monoisotopic (exact) mass is 268 g/mol. The molecule has 1 fully saturated rings. The topological polar surface area (TPSA) is 15.3 Å². The van der Waals surface area contributed by atoms with Gasteiger partial charge in [0.15, 0.2) is 0 Å². The number of hydrogen-bond acceptors (Lipinski definition) is 2. The highest BCUT2D eigenvalue weighted by Crippen LogP contribution is 2.31. The molecule has 20 heavy (non-hydrogen) atoms. The normalized spacial score (nSPS) is 22.3. The van der Waals surface area contributed by atoms with Crippen LogP contribution >= 0.6 is 0 Å². The Bertz CT molecular complexity index is 573. The van der Waals surface area contributed by atoms with Crippen LogP contribution in [0.25, 0.3) is 10.8 Å². The highest BCUT2D eigenvalue weighted by molar-refractivity contribution is 5.94. The Morgan fingerprint density at radius 1 is 1.05 bits per heavy atom. The van der Waals surface area contributed by atoms with Crippen molar-refractivity contribution >= 4 is 16.5 Å². The molecule has 0 bridgehead atoms. The third-order valence-electron chi connectivity index (χ3n) is 4.65. The molecule has 2 aromatic carbocycles. The van der Waals surface area contributed by atoms with E-state index in [0.29, 0.717) is 6.04 Å². The number of fused-ring (bicyclic) bond motifs is 1. The zero-order chi connectivity index (χ0) is 13.9. The molecule has 0 aromatic heterocycles. The average Bonchev–Trinajstić information content (AvgIpc) is 2.97. The van der Waals surface area contributed by atoms with E-state index >= 15 is 0 Å². The van der Waals surface area contributed by atoms with E-state index in [1.54, 1.807) is 0 Å². The maximum Gasteiger partial charge on any atom is 0.0454 e. The summed E-state index contributed by atoms with van der Waals surface area (Å²) in [6, 6.07) is 16.0. The Balaban J connectivity index is 2.03. The zero-order valence-electron chi connectivity index (χ0n) is 12.5. The van der Waals surface area contributed by atoms with Gasteiger partial charge in [-0.15, -0.1) is 0 Å². The molecule has 0 saturated carbocycles. The molecule has 1 N–H and O–H groups in total. The van der Waals surface area contributed by atoms with Crippen molar-refractivity contribution in [3.05, 3.63) is 42.5 Å². The summed E-state index contributed by atoms with van der Waals surface area (Å²) >= 11 is 0. The summed E-state index contributed by atoms with van der Waals surface area (Å²) in [6.45, 7) is 7.91. The van der Waals surface area contributed by atoms with E-state index in [0.717, 1.165) is 25.6 Å². The molecule has 2 nitrogen and oxygen atoms in total. The van der Waals surface area contributed by atoms with Crippen LogP contribution in [0.15, 0.2) is 42.5 Å². The summed E-state index contributed by atoms with van der Waals surface area (Å²) in [6.07, 6.45) is 1.25. The first-order chi connectivity index (χ1) is 9.85. The van der Waals surface area contributed by atoms with Crippen molar-refractivity contribution in [2.24, 2.45) is 5.92 Å². The van der Waals surface area contributed by atoms with Gasteiger partial charge in [0.05, 0.1) is 0 Å². The van der Waals surface area contributed by atoms with Crippen LogP contribution in [0.4, 0.5) is 5.69 Å². The van der Waals surface area contributed by atoms with Crippen LogP contribution in [0.5, 0.6) is 0 Å². The molecule has 1 aliphatic heterocycles. The SMILES string of the molecule is CCC1CNCC1N(CC)c1cccc2ccccc12. The summed E-state index contributed by atoms with van der Waals surface area (Å²) in [4.78, 5) is 2.59. The molecule has 2 atom stereocenters. The predicted octanol–water partition coefficient (Wildman–Crippen LogP) is 3.66. The average molecular weight is 268 g/mol. The van der Waals surface area contributed by atoms with Crippen molar-refractivity contribution in [2.75, 3.05) is 24.5 Å². The van der Waals surface area contributed by atoms with Gasteiger partial charge in [0, 0.05) is 36.7 Å². The quantitative estimate of drug-likeness (QED) is 0.910. The van der Waals surface area contributed by atoms with Crippen LogP contribution in [-0.4, -0.2) is 25.7 Å². The van der Waals surface area contributed by atoms with E-state index in [9.17, 15) is 0 Å². The number of nitrogens with zero attached hydrogens (tertiary/aromatic N) is 1. The van der Waals surface area contributed by atoms with E-state index in [1.165, 1.54) is 22.9 Å². The van der Waals surface area contributed by atoms with Gasteiger partial charge in [0.25, 0.3) is 0 Å². The van der Waals surface area contributed by atoms with Gasteiger partial charge < -0.3 is 10.2 Å². The lowest BCUT2D eigenvalue weighted by atomic mass is 9.97. The lowest BCUT2D eigenvalue weighted by molar-refractivity contribution is 0.470. The Morgan fingerprint density at radius 3 is 2.65 bits per heavy atom. The van der Waals surface area contributed by atoms with Crippen LogP contribution in [0, 0.1) is 5.92 Å². The lowest BCUT2D eigenvalue weighted by Gasteiger charge is -2.34. The van der Waals surface area contributed by atoms with Gasteiger partial charge in [0.2, 0.25) is 0 Å². The van der Waals surface area contributed by atoms with Crippen molar-refractivity contribution in [2.45, 2.75) is 26.3 Å². The first-order valence-corrected chi connectivity index (χ1v) is 7.80. The molecule has 2 heteroatoms. The van der Waals surface area contributed by atoms with E-state index in [2.05, 4.69) is 66.5 Å². The van der Waals surface area contributed by atoms with Gasteiger partial charge in [-0.25, -0.2) is 0 Å². The van der Waals surface area contributed by atoms with Crippen LogP contribution in [-0.2, 0) is 0 Å². The van der Waals surface area contributed by atoms with E-state index < -0.39 is 0 Å². The maximum atomic E-state index is 3.56. The van der Waals surface area contributed by atoms with Gasteiger partial charge in [0.1, 0.15) is 0 Å². The van der Waals surface area contributed by atoms with E-state index in [-0.39, 0.29) is 0 Å². The first-order valence-electron chi connectivity index (χ1n) is 7.80. The molecule has 1 saturated heterocycles. The van der Waals surface area contributed by atoms with Gasteiger partial charge >= 0.3 is 0 Å². The fourth-order valence-corrected chi connectivity index (χ4v) is 3.54. The Labute approximate surface area is 121 Å². The number of anilines is 1. The minimum absolute atomic E-state index is 0.621. The smallest absolute Gasteiger partial charge is 0.0454 e. The number of nitrogens with one attached hydrogen (secondary N) is 1. The molecule has 3 rings (SSSR count). The number of rotatable bonds is 4. The van der Waals surface area contributed by atoms with Crippen molar-refractivity contribution < 1.29 is 0 Å². The van der Waals surface area contributed by atoms with Crippen LogP contribution in [0.3, 0.4) is 0 Å². The number of benzene rings is 2. The Kier molecular flexibility index (Phi) is 3.93. The molecular formula is C18H24N2. The molecule has 2 unspecified atom stereocenters. The second-order valence-electron chi connectivity index (χ2n) is 5.68. The van der Waals surface area contributed by atoms with Crippen molar-refractivity contribution in [3.63, 3.8) is 0 Å². The van der Waals surface area contributed by atoms with Gasteiger partial charge in [-0.1, -0.05) is 49.7 Å². The summed E-state index contributed by atoms with van der Waals surface area (Å²) in [5, 5.41) is 6.27. The molecule has 0 aliphatic carbocycles. The Hall–Kier alpha value is -1.54. The van der Waals surface area contributed by atoms with Crippen LogP contribution in [0.2, 0.25) is 0 Å². The third kappa shape index (κ3) is 2.29. The lowest BCUT2D eigenvalue weighted by Crippen LogP contribution is -2.40. The fraction of sp³-hybridized carbons (Fsp3) is 0.444. The summed E-state index contributed by atoms with van der Waals surface area (Å²) < 4.78 is 0. The van der Waals surface area contributed by atoms with Gasteiger partial charge in [-0.3, -0.25) is 0 Å². The fourth-order valence-electron chi connectivity index (χ4n) is 3.54. The minimum atomic E-state index is 0.621.